The highest BCUT2D eigenvalue weighted by Crippen LogP contribution is 2.29. The summed E-state index contributed by atoms with van der Waals surface area (Å²) in [5, 5.41) is 2.60. The fraction of sp³-hybridized carbons (Fsp3) is 0.238. The Hall–Kier alpha value is -3.33. The van der Waals surface area contributed by atoms with Gasteiger partial charge in [-0.1, -0.05) is 17.8 Å². The predicted molar refractivity (Wildman–Crippen MR) is 115 cm³/mol. The van der Waals surface area contributed by atoms with E-state index >= 15 is 0 Å². The van der Waals surface area contributed by atoms with E-state index in [4.69, 9.17) is 4.74 Å². The Bertz CT molecular complexity index is 990. The Labute approximate surface area is 178 Å². The molecule has 0 aliphatic carbocycles. The Kier molecular flexibility index (Phi) is 6.73. The molecule has 1 heterocycles. The SMILES string of the molecule is COC(=O)c1ccc(N=C2SC(C(=O)Nc3cccc(OC)c3)CC(=O)N2C)cc1. The normalized spacial score (nSPS) is 17.6. The predicted octanol–water partition coefficient (Wildman–Crippen LogP) is 3.07. The van der Waals surface area contributed by atoms with Crippen LogP contribution in [-0.4, -0.2) is 54.4 Å². The van der Waals surface area contributed by atoms with E-state index in [2.05, 4.69) is 15.0 Å². The summed E-state index contributed by atoms with van der Waals surface area (Å²) >= 11 is 1.21. The molecule has 0 saturated carbocycles. The van der Waals surface area contributed by atoms with Crippen LogP contribution in [-0.2, 0) is 14.3 Å². The van der Waals surface area contributed by atoms with E-state index in [9.17, 15) is 14.4 Å². The average Bonchev–Trinajstić information content (AvgIpc) is 2.76. The lowest BCUT2D eigenvalue weighted by atomic mass is 10.2. The number of amidine groups is 1. The van der Waals surface area contributed by atoms with Crippen LogP contribution in [0.2, 0.25) is 0 Å². The molecule has 8 nitrogen and oxygen atoms in total. The van der Waals surface area contributed by atoms with Crippen LogP contribution in [0.3, 0.4) is 0 Å². The van der Waals surface area contributed by atoms with Crippen molar-refractivity contribution >= 4 is 46.1 Å². The zero-order chi connectivity index (χ0) is 21.7. The molecule has 30 heavy (non-hydrogen) atoms. The maximum absolute atomic E-state index is 12.7. The smallest absolute Gasteiger partial charge is 0.337 e. The number of hydrogen-bond donors (Lipinski definition) is 1. The van der Waals surface area contributed by atoms with Gasteiger partial charge < -0.3 is 14.8 Å². The van der Waals surface area contributed by atoms with Gasteiger partial charge in [-0.15, -0.1) is 0 Å². The molecule has 2 amide bonds. The number of hydrogen-bond acceptors (Lipinski definition) is 7. The van der Waals surface area contributed by atoms with Crippen LogP contribution in [0.4, 0.5) is 11.4 Å². The van der Waals surface area contributed by atoms with Gasteiger partial charge >= 0.3 is 5.97 Å². The number of carbonyl (C=O) groups excluding carboxylic acids is 3. The van der Waals surface area contributed by atoms with Crippen molar-refractivity contribution in [2.45, 2.75) is 11.7 Å². The minimum absolute atomic E-state index is 0.0667. The molecule has 0 aromatic heterocycles. The maximum atomic E-state index is 12.7. The first-order valence-corrected chi connectivity index (χ1v) is 9.94. The Morgan fingerprint density at radius 3 is 2.57 bits per heavy atom. The van der Waals surface area contributed by atoms with E-state index in [-0.39, 0.29) is 18.2 Å². The highest BCUT2D eigenvalue weighted by atomic mass is 32.2. The third kappa shape index (κ3) is 4.98. The molecular weight excluding hydrogens is 406 g/mol. The van der Waals surface area contributed by atoms with Crippen molar-refractivity contribution in [3.05, 3.63) is 54.1 Å². The van der Waals surface area contributed by atoms with Crippen LogP contribution in [0.1, 0.15) is 16.8 Å². The van der Waals surface area contributed by atoms with E-state index in [1.165, 1.54) is 23.8 Å². The number of nitrogens with one attached hydrogen (secondary N) is 1. The fourth-order valence-electron chi connectivity index (χ4n) is 2.72. The Morgan fingerprint density at radius 2 is 1.90 bits per heavy atom. The first kappa shape index (κ1) is 21.4. The second-order valence-electron chi connectivity index (χ2n) is 6.42. The van der Waals surface area contributed by atoms with Crippen LogP contribution < -0.4 is 10.1 Å². The summed E-state index contributed by atoms with van der Waals surface area (Å²) in [6, 6.07) is 13.5. The fourth-order valence-corrected chi connectivity index (χ4v) is 3.79. The summed E-state index contributed by atoms with van der Waals surface area (Å²) in [6.45, 7) is 0. The third-order valence-corrected chi connectivity index (χ3v) is 5.65. The Balaban J connectivity index is 1.76. The van der Waals surface area contributed by atoms with Gasteiger partial charge in [-0.3, -0.25) is 14.5 Å². The van der Waals surface area contributed by atoms with E-state index in [1.807, 2.05) is 0 Å². The zero-order valence-corrected chi connectivity index (χ0v) is 17.6. The molecule has 0 spiro atoms. The van der Waals surface area contributed by atoms with Crippen molar-refractivity contribution in [3.8, 4) is 5.75 Å². The lowest BCUT2D eigenvalue weighted by molar-refractivity contribution is -0.128. The first-order chi connectivity index (χ1) is 14.4. The zero-order valence-electron chi connectivity index (χ0n) is 16.7. The molecule has 1 N–H and O–H groups in total. The number of ether oxygens (including phenoxy) is 2. The number of anilines is 1. The summed E-state index contributed by atoms with van der Waals surface area (Å²) in [4.78, 5) is 42.6. The highest BCUT2D eigenvalue weighted by Gasteiger charge is 2.34. The van der Waals surface area contributed by atoms with Gasteiger partial charge in [0.15, 0.2) is 5.17 Å². The number of benzene rings is 2. The van der Waals surface area contributed by atoms with Gasteiger partial charge in [-0.25, -0.2) is 9.79 Å². The minimum atomic E-state index is -0.618. The monoisotopic (exact) mass is 427 g/mol. The quantitative estimate of drug-likeness (QED) is 0.737. The van der Waals surface area contributed by atoms with Crippen LogP contribution in [0.5, 0.6) is 5.75 Å². The summed E-state index contributed by atoms with van der Waals surface area (Å²) < 4.78 is 9.84. The molecule has 1 aliphatic heterocycles. The average molecular weight is 427 g/mol. The van der Waals surface area contributed by atoms with Gasteiger partial charge in [0.2, 0.25) is 11.8 Å². The van der Waals surface area contributed by atoms with Gasteiger partial charge in [0.1, 0.15) is 11.0 Å². The number of nitrogens with zero attached hydrogens (tertiary/aromatic N) is 2. The topological polar surface area (TPSA) is 97.3 Å². The van der Waals surface area contributed by atoms with E-state index < -0.39 is 11.2 Å². The maximum Gasteiger partial charge on any atom is 0.337 e. The molecule has 0 radical (unpaired) electrons. The summed E-state index contributed by atoms with van der Waals surface area (Å²) in [5.41, 5.74) is 1.54. The van der Waals surface area contributed by atoms with Crippen molar-refractivity contribution in [2.24, 2.45) is 4.99 Å². The van der Waals surface area contributed by atoms with Gasteiger partial charge in [0, 0.05) is 25.2 Å². The molecule has 9 heteroatoms. The van der Waals surface area contributed by atoms with Crippen molar-refractivity contribution in [1.82, 2.24) is 4.90 Å². The molecule has 0 bridgehead atoms. The Morgan fingerprint density at radius 1 is 1.17 bits per heavy atom. The molecule has 1 fully saturated rings. The largest absolute Gasteiger partial charge is 0.497 e. The molecule has 3 rings (SSSR count). The van der Waals surface area contributed by atoms with Gasteiger partial charge in [0.25, 0.3) is 0 Å². The second-order valence-corrected chi connectivity index (χ2v) is 7.59. The number of methoxy groups -OCH3 is 2. The van der Waals surface area contributed by atoms with E-state index in [0.717, 1.165) is 0 Å². The number of amides is 2. The number of carbonyl (C=O) groups is 3. The number of thioether (sulfide) groups is 1. The van der Waals surface area contributed by atoms with Crippen LogP contribution in [0, 0.1) is 0 Å². The lowest BCUT2D eigenvalue weighted by Gasteiger charge is -2.28. The van der Waals surface area contributed by atoms with E-state index in [0.29, 0.717) is 27.9 Å². The van der Waals surface area contributed by atoms with Crippen molar-refractivity contribution in [2.75, 3.05) is 26.6 Å². The van der Waals surface area contributed by atoms with Crippen LogP contribution in [0.25, 0.3) is 0 Å². The third-order valence-electron chi connectivity index (χ3n) is 4.41. The van der Waals surface area contributed by atoms with Gasteiger partial charge in [-0.2, -0.15) is 0 Å². The minimum Gasteiger partial charge on any atom is -0.497 e. The summed E-state index contributed by atoms with van der Waals surface area (Å²) in [6.07, 6.45) is 0.0667. The molecule has 2 aromatic carbocycles. The first-order valence-electron chi connectivity index (χ1n) is 9.06. The summed E-state index contributed by atoms with van der Waals surface area (Å²) in [5.74, 6) is -0.312. The van der Waals surface area contributed by atoms with Crippen molar-refractivity contribution < 1.29 is 23.9 Å². The summed E-state index contributed by atoms with van der Waals surface area (Å²) in [7, 11) is 4.48. The van der Waals surface area contributed by atoms with Gasteiger partial charge in [0.05, 0.1) is 25.5 Å². The van der Waals surface area contributed by atoms with Crippen LogP contribution >= 0.6 is 11.8 Å². The van der Waals surface area contributed by atoms with Crippen molar-refractivity contribution in [3.63, 3.8) is 0 Å². The molecule has 156 valence electrons. The van der Waals surface area contributed by atoms with Gasteiger partial charge in [-0.05, 0) is 36.4 Å². The van der Waals surface area contributed by atoms with E-state index in [1.54, 1.807) is 62.7 Å². The molecule has 1 saturated heterocycles. The molecular formula is C21H21N3O5S. The molecule has 2 aromatic rings. The molecule has 1 unspecified atom stereocenters. The molecule has 1 atom stereocenters. The molecule has 1 aliphatic rings. The second kappa shape index (κ2) is 9.45. The van der Waals surface area contributed by atoms with Crippen LogP contribution in [0.15, 0.2) is 53.5 Å². The number of rotatable bonds is 5. The standard InChI is InChI=1S/C21H21N3O5S/c1-24-18(25)12-17(19(26)22-15-5-4-6-16(11-15)28-2)30-21(24)23-14-9-7-13(8-10-14)20(27)29-3/h4-11,17H,12H2,1-3H3,(H,22,26). The number of aliphatic imine (C=N–C) groups is 1. The highest BCUT2D eigenvalue weighted by molar-refractivity contribution is 8.15. The van der Waals surface area contributed by atoms with Crippen molar-refractivity contribution in [1.29, 1.82) is 0 Å². The lowest BCUT2D eigenvalue weighted by Crippen LogP contribution is -2.43. The number of esters is 1.